The Balaban J connectivity index is 1.68. The molecule has 1 saturated carbocycles. The second-order valence-corrected chi connectivity index (χ2v) is 7.84. The number of anilines is 1. The maximum absolute atomic E-state index is 13.6. The Morgan fingerprint density at radius 3 is 2.29 bits per heavy atom. The van der Waals surface area contributed by atoms with Crippen LogP contribution in [0.5, 0.6) is 11.5 Å². The minimum Gasteiger partial charge on any atom is -0.493 e. The van der Waals surface area contributed by atoms with E-state index in [0.29, 0.717) is 22.7 Å². The summed E-state index contributed by atoms with van der Waals surface area (Å²) in [5.74, 6) is 0.0587. The number of carbonyl (C=O) groups is 3. The first-order chi connectivity index (χ1) is 15.0. The largest absolute Gasteiger partial charge is 0.493 e. The van der Waals surface area contributed by atoms with Crippen LogP contribution in [0, 0.1) is 0 Å². The monoisotopic (exact) mass is 422 g/mol. The molecule has 0 spiro atoms. The van der Waals surface area contributed by atoms with Gasteiger partial charge in [0.25, 0.3) is 11.8 Å². The van der Waals surface area contributed by atoms with E-state index in [1.54, 1.807) is 47.4 Å². The minimum absolute atomic E-state index is 0.0107. The van der Waals surface area contributed by atoms with Crippen LogP contribution in [-0.4, -0.2) is 48.9 Å². The molecule has 2 fully saturated rings. The Morgan fingerprint density at radius 2 is 1.65 bits per heavy atom. The predicted octanol–water partition coefficient (Wildman–Crippen LogP) is 3.42. The van der Waals surface area contributed by atoms with Gasteiger partial charge in [-0.25, -0.2) is 4.90 Å². The first kappa shape index (κ1) is 20.9. The minimum atomic E-state index is -0.809. The third kappa shape index (κ3) is 3.87. The Labute approximate surface area is 181 Å². The van der Waals surface area contributed by atoms with Gasteiger partial charge in [0.15, 0.2) is 11.5 Å². The van der Waals surface area contributed by atoms with E-state index >= 15 is 0 Å². The molecule has 1 unspecified atom stereocenters. The van der Waals surface area contributed by atoms with Crippen molar-refractivity contribution in [2.24, 2.45) is 0 Å². The van der Waals surface area contributed by atoms with Gasteiger partial charge in [0, 0.05) is 11.6 Å². The van der Waals surface area contributed by atoms with Crippen molar-refractivity contribution in [1.29, 1.82) is 0 Å². The highest BCUT2D eigenvalue weighted by Crippen LogP contribution is 2.34. The molecule has 2 aliphatic rings. The standard InChI is InChI=1S/C24H26N2O5/c1-30-20-13-12-16(14-21(20)31-2)23(28)25(17-10-6-7-11-17)19-15-22(27)26(24(19)29)18-8-4-3-5-9-18/h3-5,8-9,12-14,17,19H,6-7,10-11,15H2,1-2H3. The quantitative estimate of drug-likeness (QED) is 0.667. The van der Waals surface area contributed by atoms with Gasteiger partial charge in [-0.1, -0.05) is 31.0 Å². The number of hydrogen-bond acceptors (Lipinski definition) is 5. The number of methoxy groups -OCH3 is 2. The second-order valence-electron chi connectivity index (χ2n) is 7.84. The van der Waals surface area contributed by atoms with E-state index in [1.165, 1.54) is 19.1 Å². The molecule has 7 heteroatoms. The smallest absolute Gasteiger partial charge is 0.257 e. The van der Waals surface area contributed by atoms with Crippen LogP contribution in [0.25, 0.3) is 0 Å². The molecule has 4 rings (SSSR count). The Bertz CT molecular complexity index is 985. The highest BCUT2D eigenvalue weighted by atomic mass is 16.5. The van der Waals surface area contributed by atoms with Crippen molar-refractivity contribution in [3.63, 3.8) is 0 Å². The summed E-state index contributed by atoms with van der Waals surface area (Å²) >= 11 is 0. The van der Waals surface area contributed by atoms with Crippen molar-refractivity contribution in [3.8, 4) is 11.5 Å². The summed E-state index contributed by atoms with van der Waals surface area (Å²) in [4.78, 5) is 42.6. The van der Waals surface area contributed by atoms with Gasteiger partial charge in [-0.3, -0.25) is 14.4 Å². The van der Waals surface area contributed by atoms with Crippen LogP contribution in [-0.2, 0) is 9.59 Å². The summed E-state index contributed by atoms with van der Waals surface area (Å²) < 4.78 is 10.6. The normalized spacial score (nSPS) is 19.0. The summed E-state index contributed by atoms with van der Waals surface area (Å²) in [6, 6.07) is 13.0. The Hall–Kier alpha value is -3.35. The van der Waals surface area contributed by atoms with E-state index in [9.17, 15) is 14.4 Å². The highest BCUT2D eigenvalue weighted by Gasteiger charge is 2.47. The number of hydrogen-bond donors (Lipinski definition) is 0. The number of ether oxygens (including phenoxy) is 2. The van der Waals surface area contributed by atoms with Gasteiger partial charge in [0.05, 0.1) is 26.3 Å². The fourth-order valence-electron chi connectivity index (χ4n) is 4.54. The zero-order valence-corrected chi connectivity index (χ0v) is 17.7. The van der Waals surface area contributed by atoms with E-state index in [4.69, 9.17) is 9.47 Å². The van der Waals surface area contributed by atoms with E-state index < -0.39 is 6.04 Å². The lowest BCUT2D eigenvalue weighted by Gasteiger charge is -2.33. The molecule has 1 atom stereocenters. The molecule has 0 aromatic heterocycles. The summed E-state index contributed by atoms with van der Waals surface area (Å²) in [5.41, 5.74) is 0.938. The van der Waals surface area contributed by atoms with Crippen molar-refractivity contribution in [3.05, 3.63) is 54.1 Å². The van der Waals surface area contributed by atoms with Gasteiger partial charge in [0.2, 0.25) is 5.91 Å². The molecule has 3 amide bonds. The number of benzene rings is 2. The molecule has 0 radical (unpaired) electrons. The van der Waals surface area contributed by atoms with Gasteiger partial charge >= 0.3 is 0 Å². The molecule has 2 aromatic carbocycles. The Kier molecular flexibility index (Phi) is 5.93. The average Bonchev–Trinajstić information content (AvgIpc) is 3.42. The summed E-state index contributed by atoms with van der Waals surface area (Å²) in [5, 5.41) is 0. The van der Waals surface area contributed by atoms with Gasteiger partial charge in [-0.05, 0) is 43.2 Å². The lowest BCUT2D eigenvalue weighted by molar-refractivity contribution is -0.123. The molecule has 31 heavy (non-hydrogen) atoms. The van der Waals surface area contributed by atoms with E-state index in [-0.39, 0.29) is 30.2 Å². The first-order valence-electron chi connectivity index (χ1n) is 10.5. The summed E-state index contributed by atoms with van der Waals surface area (Å²) in [6.07, 6.45) is 3.63. The number of para-hydroxylation sites is 1. The maximum atomic E-state index is 13.6. The lowest BCUT2D eigenvalue weighted by Crippen LogP contribution is -2.50. The van der Waals surface area contributed by atoms with Crippen molar-refractivity contribution in [2.75, 3.05) is 19.1 Å². The van der Waals surface area contributed by atoms with E-state index in [0.717, 1.165) is 25.7 Å². The van der Waals surface area contributed by atoms with Crippen LogP contribution in [0.2, 0.25) is 0 Å². The van der Waals surface area contributed by atoms with Gasteiger partial charge in [-0.15, -0.1) is 0 Å². The fourth-order valence-corrected chi connectivity index (χ4v) is 4.54. The van der Waals surface area contributed by atoms with Crippen molar-refractivity contribution >= 4 is 23.4 Å². The number of imide groups is 1. The van der Waals surface area contributed by atoms with Crippen molar-refractivity contribution in [2.45, 2.75) is 44.2 Å². The number of amides is 3. The fraction of sp³-hybridized carbons (Fsp3) is 0.375. The number of rotatable bonds is 6. The van der Waals surface area contributed by atoms with Crippen LogP contribution >= 0.6 is 0 Å². The van der Waals surface area contributed by atoms with Crippen molar-refractivity contribution in [1.82, 2.24) is 4.90 Å². The summed E-state index contributed by atoms with van der Waals surface area (Å²) in [6.45, 7) is 0. The van der Waals surface area contributed by atoms with Gasteiger partial charge < -0.3 is 14.4 Å². The molecule has 0 bridgehead atoms. The highest BCUT2D eigenvalue weighted by molar-refractivity contribution is 6.23. The molecule has 162 valence electrons. The Morgan fingerprint density at radius 1 is 0.968 bits per heavy atom. The molecule has 2 aromatic rings. The van der Waals surface area contributed by atoms with Crippen LogP contribution < -0.4 is 14.4 Å². The van der Waals surface area contributed by atoms with Crippen LogP contribution in [0.4, 0.5) is 5.69 Å². The topological polar surface area (TPSA) is 76.2 Å². The molecule has 0 N–H and O–H groups in total. The zero-order chi connectivity index (χ0) is 22.0. The maximum Gasteiger partial charge on any atom is 0.257 e. The predicted molar refractivity (Wildman–Crippen MR) is 115 cm³/mol. The first-order valence-corrected chi connectivity index (χ1v) is 10.5. The average molecular weight is 422 g/mol. The zero-order valence-electron chi connectivity index (χ0n) is 17.7. The number of carbonyl (C=O) groups excluding carboxylic acids is 3. The van der Waals surface area contributed by atoms with Crippen LogP contribution in [0.1, 0.15) is 42.5 Å². The van der Waals surface area contributed by atoms with E-state index in [1.807, 2.05) is 6.07 Å². The third-order valence-corrected chi connectivity index (χ3v) is 6.06. The number of nitrogens with zero attached hydrogens (tertiary/aromatic N) is 2. The van der Waals surface area contributed by atoms with Gasteiger partial charge in [0.1, 0.15) is 6.04 Å². The molecule has 1 aliphatic heterocycles. The van der Waals surface area contributed by atoms with Crippen molar-refractivity contribution < 1.29 is 23.9 Å². The third-order valence-electron chi connectivity index (χ3n) is 6.06. The molecular formula is C24H26N2O5. The summed E-state index contributed by atoms with van der Waals surface area (Å²) in [7, 11) is 3.04. The molecule has 7 nitrogen and oxygen atoms in total. The second kappa shape index (κ2) is 8.79. The van der Waals surface area contributed by atoms with Crippen LogP contribution in [0.3, 0.4) is 0 Å². The molecule has 1 aliphatic carbocycles. The lowest BCUT2D eigenvalue weighted by atomic mass is 10.1. The molecule has 1 heterocycles. The molecular weight excluding hydrogens is 396 g/mol. The van der Waals surface area contributed by atoms with Crippen LogP contribution in [0.15, 0.2) is 48.5 Å². The van der Waals surface area contributed by atoms with E-state index in [2.05, 4.69) is 0 Å². The molecule has 1 saturated heterocycles. The SMILES string of the molecule is COc1ccc(C(=O)N(C2CCCC2)C2CC(=O)N(c3ccccc3)C2=O)cc1OC. The van der Waals surface area contributed by atoms with Gasteiger partial charge in [-0.2, -0.15) is 0 Å².